The van der Waals surface area contributed by atoms with Crippen molar-refractivity contribution in [2.75, 3.05) is 39.4 Å². The van der Waals surface area contributed by atoms with Crippen molar-refractivity contribution in [1.82, 2.24) is 19.8 Å². The van der Waals surface area contributed by atoms with Gasteiger partial charge in [-0.15, -0.1) is 0 Å². The molecule has 0 radical (unpaired) electrons. The third-order valence-corrected chi connectivity index (χ3v) is 5.09. The van der Waals surface area contributed by atoms with E-state index in [4.69, 9.17) is 4.74 Å². The molecule has 2 atom stereocenters. The largest absolute Gasteiger partial charge is 0.379 e. The first-order valence-electron chi connectivity index (χ1n) is 8.92. The van der Waals surface area contributed by atoms with Crippen molar-refractivity contribution in [1.29, 1.82) is 0 Å². The number of ether oxygens (including phenoxy) is 1. The highest BCUT2D eigenvalue weighted by atomic mass is 16.5. The van der Waals surface area contributed by atoms with Gasteiger partial charge in [0.25, 0.3) is 5.91 Å². The Morgan fingerprint density at radius 1 is 1.29 bits per heavy atom. The molecule has 2 aliphatic rings. The molecule has 0 spiro atoms. The molecule has 2 fully saturated rings. The maximum Gasteiger partial charge on any atom is 0.257 e. The molecule has 1 aromatic rings. The molecule has 0 aliphatic carbocycles. The minimum absolute atomic E-state index is 0.0707. The number of hydrogen-bond donors (Lipinski definition) is 0. The van der Waals surface area contributed by atoms with Gasteiger partial charge in [-0.1, -0.05) is 20.8 Å². The number of aryl methyl sites for hydroxylation is 1. The fourth-order valence-corrected chi connectivity index (χ4v) is 3.76. The van der Waals surface area contributed by atoms with Crippen LogP contribution < -0.4 is 0 Å². The molecule has 0 aromatic carbocycles. The van der Waals surface area contributed by atoms with Gasteiger partial charge in [-0.2, -0.15) is 0 Å². The number of rotatable bonds is 3. The summed E-state index contributed by atoms with van der Waals surface area (Å²) in [6.07, 6.45) is 1.70. The van der Waals surface area contributed by atoms with Gasteiger partial charge in [0.2, 0.25) is 0 Å². The lowest BCUT2D eigenvalue weighted by Gasteiger charge is -2.34. The van der Waals surface area contributed by atoms with Crippen LogP contribution in [0.3, 0.4) is 0 Å². The van der Waals surface area contributed by atoms with Crippen LogP contribution >= 0.6 is 0 Å². The zero-order valence-electron chi connectivity index (χ0n) is 15.2. The van der Waals surface area contributed by atoms with Crippen molar-refractivity contribution in [2.45, 2.75) is 39.7 Å². The van der Waals surface area contributed by atoms with Gasteiger partial charge >= 0.3 is 0 Å². The highest BCUT2D eigenvalue weighted by Gasteiger charge is 2.37. The zero-order chi connectivity index (χ0) is 17.3. The van der Waals surface area contributed by atoms with Crippen LogP contribution in [0.15, 0.2) is 6.20 Å². The molecule has 2 aliphatic heterocycles. The standard InChI is InChI=1S/C18H28N4O2/c1-12(2)17-15(9-19-14(4)20-17)18(23)22-10-13(3)16(11-22)21-5-7-24-8-6-21/h9,12-13,16H,5-8,10-11H2,1-4H3/t13-,16+/m1/s1. The smallest absolute Gasteiger partial charge is 0.257 e. The second kappa shape index (κ2) is 7.15. The lowest BCUT2D eigenvalue weighted by Crippen LogP contribution is -2.47. The van der Waals surface area contributed by atoms with E-state index in [1.54, 1.807) is 6.20 Å². The van der Waals surface area contributed by atoms with E-state index in [0.717, 1.165) is 50.9 Å². The molecule has 1 amide bonds. The molecule has 2 saturated heterocycles. The maximum atomic E-state index is 13.1. The molecule has 6 heteroatoms. The van der Waals surface area contributed by atoms with Crippen molar-refractivity contribution >= 4 is 5.91 Å². The van der Waals surface area contributed by atoms with E-state index in [0.29, 0.717) is 17.5 Å². The summed E-state index contributed by atoms with van der Waals surface area (Å²) in [5.74, 6) is 1.47. The number of aromatic nitrogens is 2. The van der Waals surface area contributed by atoms with Gasteiger partial charge < -0.3 is 9.64 Å². The first kappa shape index (κ1) is 17.3. The Morgan fingerprint density at radius 3 is 2.67 bits per heavy atom. The molecule has 0 unspecified atom stereocenters. The molecular formula is C18H28N4O2. The van der Waals surface area contributed by atoms with Crippen LogP contribution in [0.1, 0.15) is 48.6 Å². The molecule has 6 nitrogen and oxygen atoms in total. The minimum atomic E-state index is 0.0707. The summed E-state index contributed by atoms with van der Waals surface area (Å²) in [5.41, 5.74) is 1.51. The van der Waals surface area contributed by atoms with Gasteiger partial charge in [0.15, 0.2) is 0 Å². The van der Waals surface area contributed by atoms with Gasteiger partial charge in [0.05, 0.1) is 24.5 Å². The van der Waals surface area contributed by atoms with Crippen LogP contribution in [0.4, 0.5) is 0 Å². The Balaban J connectivity index is 1.76. The molecule has 1 aromatic heterocycles. The highest BCUT2D eigenvalue weighted by Crippen LogP contribution is 2.26. The van der Waals surface area contributed by atoms with Crippen molar-refractivity contribution in [2.24, 2.45) is 5.92 Å². The molecular weight excluding hydrogens is 304 g/mol. The third-order valence-electron chi connectivity index (χ3n) is 5.09. The Hall–Kier alpha value is -1.53. The summed E-state index contributed by atoms with van der Waals surface area (Å²) in [6, 6.07) is 0.423. The quantitative estimate of drug-likeness (QED) is 0.843. The van der Waals surface area contributed by atoms with E-state index in [-0.39, 0.29) is 11.8 Å². The predicted molar refractivity (Wildman–Crippen MR) is 92.1 cm³/mol. The molecule has 132 valence electrons. The average Bonchev–Trinajstić information content (AvgIpc) is 2.96. The monoisotopic (exact) mass is 332 g/mol. The summed E-state index contributed by atoms with van der Waals surface area (Å²) >= 11 is 0. The molecule has 3 heterocycles. The Kier molecular flexibility index (Phi) is 5.15. The van der Waals surface area contributed by atoms with E-state index in [1.165, 1.54) is 0 Å². The lowest BCUT2D eigenvalue weighted by molar-refractivity contribution is 0.0119. The number of nitrogens with zero attached hydrogens (tertiary/aromatic N) is 4. The SMILES string of the molecule is Cc1ncc(C(=O)N2C[C@@H](C)[C@@H](N3CCOCC3)C2)c(C(C)C)n1. The summed E-state index contributed by atoms with van der Waals surface area (Å²) in [5, 5.41) is 0. The summed E-state index contributed by atoms with van der Waals surface area (Å²) < 4.78 is 5.45. The molecule has 0 saturated carbocycles. The predicted octanol–water partition coefficient (Wildman–Crippen LogP) is 1.70. The number of morpholine rings is 1. The zero-order valence-corrected chi connectivity index (χ0v) is 15.2. The molecule has 3 rings (SSSR count). The van der Waals surface area contributed by atoms with Gasteiger partial charge in [-0.05, 0) is 18.8 Å². The Bertz CT molecular complexity index is 599. The highest BCUT2D eigenvalue weighted by molar-refractivity contribution is 5.95. The summed E-state index contributed by atoms with van der Waals surface area (Å²) in [6.45, 7) is 13.3. The van der Waals surface area contributed by atoms with E-state index >= 15 is 0 Å². The Labute approximate surface area is 144 Å². The maximum absolute atomic E-state index is 13.1. The van der Waals surface area contributed by atoms with E-state index < -0.39 is 0 Å². The number of carbonyl (C=O) groups is 1. The minimum Gasteiger partial charge on any atom is -0.379 e. The molecule has 0 N–H and O–H groups in total. The fraction of sp³-hybridized carbons (Fsp3) is 0.722. The second-order valence-corrected chi connectivity index (χ2v) is 7.27. The Morgan fingerprint density at radius 2 is 2.00 bits per heavy atom. The summed E-state index contributed by atoms with van der Waals surface area (Å²) in [4.78, 5) is 26.3. The van der Waals surface area contributed by atoms with Crippen LogP contribution in [0.5, 0.6) is 0 Å². The van der Waals surface area contributed by atoms with E-state index in [2.05, 4.69) is 35.6 Å². The number of carbonyl (C=O) groups excluding carboxylic acids is 1. The first-order valence-corrected chi connectivity index (χ1v) is 8.92. The van der Waals surface area contributed by atoms with Gasteiger partial charge in [-0.3, -0.25) is 9.69 Å². The van der Waals surface area contributed by atoms with Crippen LogP contribution in [0.2, 0.25) is 0 Å². The number of likely N-dealkylation sites (tertiary alicyclic amines) is 1. The lowest BCUT2D eigenvalue weighted by atomic mass is 10.0. The van der Waals surface area contributed by atoms with Crippen LogP contribution in [-0.2, 0) is 4.74 Å². The van der Waals surface area contributed by atoms with Gasteiger partial charge in [0, 0.05) is 38.4 Å². The van der Waals surface area contributed by atoms with Gasteiger partial charge in [0.1, 0.15) is 5.82 Å². The topological polar surface area (TPSA) is 58.6 Å². The van der Waals surface area contributed by atoms with Crippen molar-refractivity contribution in [3.05, 3.63) is 23.3 Å². The normalized spacial score (nSPS) is 25.5. The van der Waals surface area contributed by atoms with Crippen LogP contribution in [0.25, 0.3) is 0 Å². The van der Waals surface area contributed by atoms with E-state index in [1.807, 2.05) is 11.8 Å². The summed E-state index contributed by atoms with van der Waals surface area (Å²) in [7, 11) is 0. The van der Waals surface area contributed by atoms with Crippen molar-refractivity contribution in [3.8, 4) is 0 Å². The third kappa shape index (κ3) is 3.44. The average molecular weight is 332 g/mol. The van der Waals surface area contributed by atoms with Crippen molar-refractivity contribution < 1.29 is 9.53 Å². The molecule has 24 heavy (non-hydrogen) atoms. The molecule has 0 bridgehead atoms. The van der Waals surface area contributed by atoms with E-state index in [9.17, 15) is 4.79 Å². The second-order valence-electron chi connectivity index (χ2n) is 7.27. The number of amides is 1. The first-order chi connectivity index (χ1) is 11.5. The van der Waals surface area contributed by atoms with Gasteiger partial charge in [-0.25, -0.2) is 9.97 Å². The number of hydrogen-bond acceptors (Lipinski definition) is 5. The van der Waals surface area contributed by atoms with Crippen molar-refractivity contribution in [3.63, 3.8) is 0 Å². The fourth-order valence-electron chi connectivity index (χ4n) is 3.76. The van der Waals surface area contributed by atoms with Crippen LogP contribution in [0, 0.1) is 12.8 Å². The van der Waals surface area contributed by atoms with Crippen LogP contribution in [-0.4, -0.2) is 71.1 Å².